The molecule has 1 unspecified atom stereocenters. The minimum atomic E-state index is -0.287. The molecular formula is C8H23NO. The fraction of sp³-hybridized carbons (Fsp3) is 0.875. The van der Waals surface area contributed by atoms with Crippen molar-refractivity contribution in [1.82, 2.24) is 0 Å². The number of carbonyl (C=O) groups excluding carboxylic acids is 1. The molecule has 0 bridgehead atoms. The van der Waals surface area contributed by atoms with Crippen LogP contribution < -0.4 is 5.73 Å². The van der Waals surface area contributed by atoms with Crippen LogP contribution in [0.5, 0.6) is 0 Å². The van der Waals surface area contributed by atoms with Crippen molar-refractivity contribution in [1.29, 1.82) is 0 Å². The van der Waals surface area contributed by atoms with Crippen LogP contribution >= 0.6 is 0 Å². The first kappa shape index (κ1) is 16.3. The number of nitrogens with two attached hydrogens (primary N) is 1. The lowest BCUT2D eigenvalue weighted by molar-refractivity contribution is -0.117. The normalized spacial score (nSPS) is 9.50. The van der Waals surface area contributed by atoms with Gasteiger partial charge < -0.3 is 5.73 Å². The third kappa shape index (κ3) is 25.5. The van der Waals surface area contributed by atoms with E-state index in [0.29, 0.717) is 0 Å². The highest BCUT2D eigenvalue weighted by Gasteiger charge is 1.95. The van der Waals surface area contributed by atoms with E-state index in [1.54, 1.807) is 6.92 Å². The molecule has 0 heterocycles. The lowest BCUT2D eigenvalue weighted by Gasteiger charge is -1.91. The monoisotopic (exact) mass is 149 g/mol. The number of hydrogen-bond donors (Lipinski definition) is 1. The fourth-order valence-corrected chi connectivity index (χ4v) is 0. The maximum Gasteiger partial charge on any atom is 0.146 e. The zero-order chi connectivity index (χ0) is 9.15. The molecule has 10 heavy (non-hydrogen) atoms. The van der Waals surface area contributed by atoms with Crippen molar-refractivity contribution in [3.8, 4) is 0 Å². The number of ketones is 1. The third-order valence-electron chi connectivity index (χ3n) is 0.641. The molecule has 66 valence electrons. The predicted molar refractivity (Wildman–Crippen MR) is 49.1 cm³/mol. The molecule has 0 aliphatic carbocycles. The molecule has 2 nitrogen and oxygen atoms in total. The Bertz CT molecular complexity index is 65.1. The van der Waals surface area contributed by atoms with Gasteiger partial charge in [0.05, 0.1) is 6.04 Å². The summed E-state index contributed by atoms with van der Waals surface area (Å²) in [6.45, 7) is 11.1. The second-order valence-electron chi connectivity index (χ2n) is 1.40. The molecular weight excluding hydrogens is 126 g/mol. The van der Waals surface area contributed by atoms with Gasteiger partial charge in [-0.15, -0.1) is 0 Å². The molecule has 0 saturated carbocycles. The molecule has 0 saturated heterocycles. The van der Waals surface area contributed by atoms with Crippen molar-refractivity contribution in [3.63, 3.8) is 0 Å². The summed E-state index contributed by atoms with van der Waals surface area (Å²) in [5.41, 5.74) is 5.09. The quantitative estimate of drug-likeness (QED) is 0.621. The predicted octanol–water partition coefficient (Wildman–Crippen LogP) is 2.22. The molecule has 0 spiro atoms. The summed E-state index contributed by atoms with van der Waals surface area (Å²) in [4.78, 5) is 10.0. The van der Waals surface area contributed by atoms with Gasteiger partial charge in [-0.05, 0) is 13.8 Å². The van der Waals surface area contributed by atoms with Crippen LogP contribution in [0.4, 0.5) is 0 Å². The van der Waals surface area contributed by atoms with E-state index in [-0.39, 0.29) is 13.3 Å². The second-order valence-corrected chi connectivity index (χ2v) is 1.40. The first-order valence-electron chi connectivity index (χ1n) is 3.90. The maximum atomic E-state index is 10.0. The largest absolute Gasteiger partial charge is 0.322 e. The van der Waals surface area contributed by atoms with Gasteiger partial charge in [0.15, 0.2) is 0 Å². The summed E-state index contributed by atoms with van der Waals surface area (Å²) in [7, 11) is 0. The van der Waals surface area contributed by atoms with Gasteiger partial charge in [-0.25, -0.2) is 0 Å². The Balaban J connectivity index is -0.0000000428. The van der Waals surface area contributed by atoms with E-state index in [1.807, 2.05) is 27.7 Å². The van der Waals surface area contributed by atoms with Crippen molar-refractivity contribution in [2.75, 3.05) is 0 Å². The Kier molecular flexibility index (Phi) is 25.9. The topological polar surface area (TPSA) is 43.1 Å². The number of hydrogen-bond acceptors (Lipinski definition) is 2. The van der Waals surface area contributed by atoms with Crippen molar-refractivity contribution in [3.05, 3.63) is 0 Å². The van der Waals surface area contributed by atoms with E-state index >= 15 is 0 Å². The van der Waals surface area contributed by atoms with Crippen molar-refractivity contribution < 1.29 is 6.22 Å². The Labute approximate surface area is 66.3 Å². The highest BCUT2D eigenvalue weighted by molar-refractivity contribution is 5.80. The van der Waals surface area contributed by atoms with Crippen molar-refractivity contribution in [2.24, 2.45) is 5.73 Å². The van der Waals surface area contributed by atoms with Crippen LogP contribution in [-0.2, 0) is 4.79 Å². The molecule has 0 aromatic carbocycles. The SMILES string of the molecule is CC.CC.CC(=O)C(C)N.[HH]. The molecule has 0 aromatic rings. The van der Waals surface area contributed by atoms with Crippen molar-refractivity contribution in [2.45, 2.75) is 47.6 Å². The van der Waals surface area contributed by atoms with Gasteiger partial charge in [-0.3, -0.25) is 4.79 Å². The van der Waals surface area contributed by atoms with Gasteiger partial charge >= 0.3 is 0 Å². The molecule has 0 aliphatic heterocycles. The van der Waals surface area contributed by atoms with Gasteiger partial charge in [0.25, 0.3) is 0 Å². The fourth-order valence-electron chi connectivity index (χ4n) is 0. The van der Waals surface area contributed by atoms with E-state index in [2.05, 4.69) is 0 Å². The molecule has 2 heteroatoms. The Morgan fingerprint density at radius 3 is 1.40 bits per heavy atom. The molecule has 1 atom stereocenters. The molecule has 0 aliphatic rings. The summed E-state index contributed by atoms with van der Waals surface area (Å²) in [6, 6.07) is -0.287. The third-order valence-corrected chi connectivity index (χ3v) is 0.641. The van der Waals surface area contributed by atoms with Gasteiger partial charge in [-0.2, -0.15) is 0 Å². The summed E-state index contributed by atoms with van der Waals surface area (Å²) in [6.07, 6.45) is 0. The summed E-state index contributed by atoms with van der Waals surface area (Å²) >= 11 is 0. The molecule has 2 N–H and O–H groups in total. The number of carbonyl (C=O) groups is 1. The standard InChI is InChI=1S/C4H9NO.2C2H6.H2/c1-3(5)4(2)6;2*1-2;/h3H,5H2,1-2H3;2*1-2H3;1H. The molecule has 0 radical (unpaired) electrons. The Morgan fingerprint density at radius 2 is 1.40 bits per heavy atom. The molecule has 0 fully saturated rings. The number of rotatable bonds is 1. The average molecular weight is 149 g/mol. The lowest BCUT2D eigenvalue weighted by Crippen LogP contribution is -2.23. The highest BCUT2D eigenvalue weighted by Crippen LogP contribution is 1.72. The van der Waals surface area contributed by atoms with Gasteiger partial charge in [0, 0.05) is 1.43 Å². The highest BCUT2D eigenvalue weighted by atomic mass is 16.1. The lowest BCUT2D eigenvalue weighted by atomic mass is 10.3. The minimum absolute atomic E-state index is 0. The van der Waals surface area contributed by atoms with E-state index < -0.39 is 0 Å². The Morgan fingerprint density at radius 1 is 1.30 bits per heavy atom. The molecule has 0 rings (SSSR count). The van der Waals surface area contributed by atoms with Crippen LogP contribution in [0.15, 0.2) is 0 Å². The first-order chi connectivity index (χ1) is 4.64. The Hall–Kier alpha value is -0.370. The zero-order valence-electron chi connectivity index (χ0n) is 8.06. The van der Waals surface area contributed by atoms with E-state index in [4.69, 9.17) is 5.73 Å². The second kappa shape index (κ2) is 15.9. The number of Topliss-reactive ketones (excluding diaryl/α,β-unsaturated/α-hetero) is 1. The smallest absolute Gasteiger partial charge is 0.146 e. The molecule has 0 aromatic heterocycles. The summed E-state index contributed by atoms with van der Waals surface area (Å²) < 4.78 is 0. The zero-order valence-corrected chi connectivity index (χ0v) is 8.06. The van der Waals surface area contributed by atoms with Crippen LogP contribution in [0.3, 0.4) is 0 Å². The van der Waals surface area contributed by atoms with E-state index in [1.165, 1.54) is 6.92 Å². The van der Waals surface area contributed by atoms with Crippen LogP contribution in [0.2, 0.25) is 0 Å². The van der Waals surface area contributed by atoms with Crippen LogP contribution in [-0.4, -0.2) is 11.8 Å². The van der Waals surface area contributed by atoms with E-state index in [0.717, 1.165) is 0 Å². The van der Waals surface area contributed by atoms with Gasteiger partial charge in [0.2, 0.25) is 0 Å². The van der Waals surface area contributed by atoms with Crippen LogP contribution in [0.1, 0.15) is 43.0 Å². The van der Waals surface area contributed by atoms with Gasteiger partial charge in [0.1, 0.15) is 5.78 Å². The van der Waals surface area contributed by atoms with Crippen molar-refractivity contribution >= 4 is 5.78 Å². The van der Waals surface area contributed by atoms with Crippen LogP contribution in [0.25, 0.3) is 0 Å². The average Bonchev–Trinajstić information content (AvgIpc) is 1.96. The minimum Gasteiger partial charge on any atom is -0.322 e. The first-order valence-corrected chi connectivity index (χ1v) is 3.90. The van der Waals surface area contributed by atoms with Crippen LogP contribution in [0, 0.1) is 0 Å². The summed E-state index contributed by atoms with van der Waals surface area (Å²) in [5.74, 6) is 0.0370. The van der Waals surface area contributed by atoms with Gasteiger partial charge in [-0.1, -0.05) is 27.7 Å². The van der Waals surface area contributed by atoms with E-state index in [9.17, 15) is 4.79 Å². The molecule has 0 amide bonds. The maximum absolute atomic E-state index is 10.0. The summed E-state index contributed by atoms with van der Waals surface area (Å²) in [5, 5.41) is 0.